The third kappa shape index (κ3) is 4.23. The first-order valence-corrected chi connectivity index (χ1v) is 8.91. The van der Waals surface area contributed by atoms with Gasteiger partial charge in [-0.05, 0) is 81.0 Å². The van der Waals surface area contributed by atoms with Gasteiger partial charge in [-0.1, -0.05) is 18.6 Å². The van der Waals surface area contributed by atoms with Crippen molar-refractivity contribution in [3.8, 4) is 5.75 Å². The number of rotatable bonds is 4. The van der Waals surface area contributed by atoms with Gasteiger partial charge in [0.05, 0.1) is 6.10 Å². The van der Waals surface area contributed by atoms with Gasteiger partial charge in [0, 0.05) is 6.04 Å². The van der Waals surface area contributed by atoms with Crippen LogP contribution in [0.25, 0.3) is 0 Å². The van der Waals surface area contributed by atoms with E-state index in [4.69, 9.17) is 0 Å². The van der Waals surface area contributed by atoms with Crippen molar-refractivity contribution in [1.82, 2.24) is 5.32 Å². The van der Waals surface area contributed by atoms with E-state index in [0.717, 1.165) is 19.4 Å². The molecule has 1 aromatic carbocycles. The molecule has 0 bridgehead atoms. The molecule has 2 fully saturated rings. The number of nitrogens with one attached hydrogen (secondary N) is 1. The summed E-state index contributed by atoms with van der Waals surface area (Å²) in [5, 5.41) is 22.9. The van der Waals surface area contributed by atoms with Gasteiger partial charge in [0.15, 0.2) is 0 Å². The maximum Gasteiger partial charge on any atom is 0.115 e. The largest absolute Gasteiger partial charge is 0.508 e. The van der Waals surface area contributed by atoms with Crippen LogP contribution in [0.3, 0.4) is 0 Å². The fourth-order valence-electron chi connectivity index (χ4n) is 4.16. The van der Waals surface area contributed by atoms with Crippen molar-refractivity contribution < 1.29 is 10.2 Å². The van der Waals surface area contributed by atoms with Crippen molar-refractivity contribution in [3.63, 3.8) is 0 Å². The molecule has 3 nitrogen and oxygen atoms in total. The fraction of sp³-hybridized carbons (Fsp3) is 0.684. The molecule has 3 N–H and O–H groups in total. The molecule has 0 heterocycles. The average molecular weight is 303 g/mol. The lowest BCUT2D eigenvalue weighted by molar-refractivity contribution is 0.0988. The van der Waals surface area contributed by atoms with Gasteiger partial charge in [-0.25, -0.2) is 0 Å². The van der Waals surface area contributed by atoms with Gasteiger partial charge in [0.1, 0.15) is 5.75 Å². The lowest BCUT2D eigenvalue weighted by Gasteiger charge is -2.32. The molecule has 0 aromatic heterocycles. The predicted octanol–water partition coefficient (Wildman–Crippen LogP) is 3.56. The number of hydrogen-bond acceptors (Lipinski definition) is 3. The topological polar surface area (TPSA) is 52.5 Å². The first-order chi connectivity index (χ1) is 10.7. The molecule has 2 saturated carbocycles. The van der Waals surface area contributed by atoms with E-state index < -0.39 is 0 Å². The summed E-state index contributed by atoms with van der Waals surface area (Å²) in [5.74, 6) is 1.67. The van der Waals surface area contributed by atoms with Crippen LogP contribution in [0.4, 0.5) is 0 Å². The average Bonchev–Trinajstić information content (AvgIpc) is 2.54. The molecule has 3 rings (SSSR count). The highest BCUT2D eigenvalue weighted by molar-refractivity contribution is 5.28. The summed E-state index contributed by atoms with van der Waals surface area (Å²) in [6.07, 6.45) is 9.30. The summed E-state index contributed by atoms with van der Waals surface area (Å²) >= 11 is 0. The molecule has 3 heteroatoms. The molecule has 0 amide bonds. The number of phenols is 1. The Morgan fingerprint density at radius 3 is 2.36 bits per heavy atom. The van der Waals surface area contributed by atoms with Crippen LogP contribution in [0, 0.1) is 5.92 Å². The number of aromatic hydroxyl groups is 1. The van der Waals surface area contributed by atoms with Gasteiger partial charge in [0.25, 0.3) is 0 Å². The van der Waals surface area contributed by atoms with E-state index in [0.29, 0.717) is 23.6 Å². The highest BCUT2D eigenvalue weighted by Gasteiger charge is 2.24. The van der Waals surface area contributed by atoms with Crippen molar-refractivity contribution in [1.29, 1.82) is 0 Å². The van der Waals surface area contributed by atoms with Crippen LogP contribution in [0.1, 0.15) is 62.8 Å². The SMILES string of the molecule is Oc1ccc(C2CCC(NCC3CCCC(O)C3)CC2)cc1. The van der Waals surface area contributed by atoms with Crippen LogP contribution in [-0.4, -0.2) is 28.9 Å². The first-order valence-electron chi connectivity index (χ1n) is 8.91. The first kappa shape index (κ1) is 15.8. The number of aliphatic hydroxyl groups excluding tert-OH is 1. The smallest absolute Gasteiger partial charge is 0.115 e. The molecule has 122 valence electrons. The predicted molar refractivity (Wildman–Crippen MR) is 89.1 cm³/mol. The standard InChI is InChI=1S/C19H29NO2/c21-18-10-6-16(7-11-18)15-4-8-17(9-5-15)20-13-14-2-1-3-19(22)12-14/h6-7,10-11,14-15,17,19-22H,1-5,8-9,12-13H2. The second-order valence-corrected chi connectivity index (χ2v) is 7.23. The van der Waals surface area contributed by atoms with E-state index in [-0.39, 0.29) is 6.10 Å². The van der Waals surface area contributed by atoms with Crippen molar-refractivity contribution >= 4 is 0 Å². The minimum Gasteiger partial charge on any atom is -0.508 e. The zero-order chi connectivity index (χ0) is 15.4. The van der Waals surface area contributed by atoms with E-state index >= 15 is 0 Å². The van der Waals surface area contributed by atoms with Crippen molar-refractivity contribution in [2.45, 2.75) is 69.4 Å². The number of hydrogen-bond donors (Lipinski definition) is 3. The van der Waals surface area contributed by atoms with Crippen LogP contribution in [0.2, 0.25) is 0 Å². The lowest BCUT2D eigenvalue weighted by Crippen LogP contribution is -2.37. The molecule has 2 unspecified atom stereocenters. The minimum atomic E-state index is -0.0641. The minimum absolute atomic E-state index is 0.0641. The molecule has 2 atom stereocenters. The molecule has 0 radical (unpaired) electrons. The zero-order valence-corrected chi connectivity index (χ0v) is 13.4. The quantitative estimate of drug-likeness (QED) is 0.797. The van der Waals surface area contributed by atoms with Crippen molar-refractivity contribution in [2.24, 2.45) is 5.92 Å². The van der Waals surface area contributed by atoms with E-state index in [9.17, 15) is 10.2 Å². The van der Waals surface area contributed by atoms with Crippen molar-refractivity contribution in [3.05, 3.63) is 29.8 Å². The molecule has 22 heavy (non-hydrogen) atoms. The van der Waals surface area contributed by atoms with Gasteiger partial charge in [-0.3, -0.25) is 0 Å². The second kappa shape index (κ2) is 7.47. The Morgan fingerprint density at radius 2 is 1.68 bits per heavy atom. The van der Waals surface area contributed by atoms with Gasteiger partial charge in [-0.2, -0.15) is 0 Å². The summed E-state index contributed by atoms with van der Waals surface area (Å²) in [4.78, 5) is 0. The Morgan fingerprint density at radius 1 is 0.955 bits per heavy atom. The van der Waals surface area contributed by atoms with Gasteiger partial charge >= 0.3 is 0 Å². The summed E-state index contributed by atoms with van der Waals surface area (Å²) in [6, 6.07) is 8.38. The van der Waals surface area contributed by atoms with Gasteiger partial charge in [0.2, 0.25) is 0 Å². The molecule has 2 aliphatic carbocycles. The number of aliphatic hydroxyl groups is 1. The number of benzene rings is 1. The van der Waals surface area contributed by atoms with Crippen LogP contribution in [0.15, 0.2) is 24.3 Å². The Balaban J connectivity index is 1.41. The molecule has 0 aliphatic heterocycles. The third-order valence-corrected chi connectivity index (χ3v) is 5.54. The molecule has 0 saturated heterocycles. The van der Waals surface area contributed by atoms with Crippen LogP contribution >= 0.6 is 0 Å². The summed E-state index contributed by atoms with van der Waals surface area (Å²) < 4.78 is 0. The van der Waals surface area contributed by atoms with Crippen LogP contribution in [0.5, 0.6) is 5.75 Å². The normalized spacial score (nSPS) is 32.8. The monoisotopic (exact) mass is 303 g/mol. The van der Waals surface area contributed by atoms with E-state index in [1.54, 1.807) is 12.1 Å². The van der Waals surface area contributed by atoms with Gasteiger partial charge < -0.3 is 15.5 Å². The van der Waals surface area contributed by atoms with Crippen LogP contribution in [-0.2, 0) is 0 Å². The lowest BCUT2D eigenvalue weighted by atomic mass is 9.81. The highest BCUT2D eigenvalue weighted by Crippen LogP contribution is 2.33. The molecular formula is C19H29NO2. The third-order valence-electron chi connectivity index (χ3n) is 5.54. The fourth-order valence-corrected chi connectivity index (χ4v) is 4.16. The van der Waals surface area contributed by atoms with E-state index in [1.807, 2.05) is 0 Å². The zero-order valence-electron chi connectivity index (χ0n) is 13.4. The van der Waals surface area contributed by atoms with Gasteiger partial charge in [-0.15, -0.1) is 0 Å². The Bertz CT molecular complexity index is 451. The molecule has 2 aliphatic rings. The Labute approximate surface area is 133 Å². The maximum atomic E-state index is 9.75. The van der Waals surface area contributed by atoms with E-state index in [1.165, 1.54) is 44.1 Å². The molecule has 0 spiro atoms. The second-order valence-electron chi connectivity index (χ2n) is 7.23. The highest BCUT2D eigenvalue weighted by atomic mass is 16.3. The van der Waals surface area contributed by atoms with E-state index in [2.05, 4.69) is 17.4 Å². The number of phenolic OH excluding ortho intramolecular Hbond substituents is 1. The Hall–Kier alpha value is -1.06. The summed E-state index contributed by atoms with van der Waals surface area (Å²) in [5.41, 5.74) is 1.37. The van der Waals surface area contributed by atoms with Crippen LogP contribution < -0.4 is 5.32 Å². The Kier molecular flexibility index (Phi) is 5.37. The maximum absolute atomic E-state index is 9.75. The molecular weight excluding hydrogens is 274 g/mol. The summed E-state index contributed by atoms with van der Waals surface area (Å²) in [6.45, 7) is 1.08. The van der Waals surface area contributed by atoms with Crippen molar-refractivity contribution in [2.75, 3.05) is 6.54 Å². The molecule has 1 aromatic rings. The summed E-state index contributed by atoms with van der Waals surface area (Å²) in [7, 11) is 0.